The van der Waals surface area contributed by atoms with E-state index >= 15 is 0 Å². The van der Waals surface area contributed by atoms with Gasteiger partial charge in [0.1, 0.15) is 0 Å². The molecule has 4 rings (SSSR count). The monoisotopic (exact) mass is 438 g/mol. The number of carbonyl (C=O) groups is 2. The Morgan fingerprint density at radius 3 is 2.58 bits per heavy atom. The first-order valence-corrected chi connectivity index (χ1v) is 9.98. The van der Waals surface area contributed by atoms with Gasteiger partial charge in [-0.2, -0.15) is 18.2 Å². The molecule has 1 N–H and O–H groups in total. The zero-order valence-corrected chi connectivity index (χ0v) is 16.5. The van der Waals surface area contributed by atoms with Crippen LogP contribution in [0.15, 0.2) is 28.8 Å². The highest BCUT2D eigenvalue weighted by Crippen LogP contribution is 2.33. The summed E-state index contributed by atoms with van der Waals surface area (Å²) in [5.41, 5.74) is 0.601. The molecule has 0 bridgehead atoms. The van der Waals surface area contributed by atoms with Crippen LogP contribution < -0.4 is 5.32 Å². The van der Waals surface area contributed by atoms with E-state index in [2.05, 4.69) is 20.0 Å². The number of hydrogen-bond acceptors (Lipinski definition) is 6. The number of halogens is 3. The van der Waals surface area contributed by atoms with Crippen LogP contribution >= 0.6 is 0 Å². The molecule has 1 saturated carbocycles. The molecule has 1 atom stereocenters. The largest absolute Gasteiger partial charge is 0.471 e. The first kappa shape index (κ1) is 21.3. The Morgan fingerprint density at radius 2 is 1.94 bits per heavy atom. The van der Waals surface area contributed by atoms with E-state index in [-0.39, 0.29) is 35.8 Å². The summed E-state index contributed by atoms with van der Waals surface area (Å²) in [7, 11) is 0. The highest BCUT2D eigenvalue weighted by atomic mass is 19.4. The van der Waals surface area contributed by atoms with E-state index in [1.54, 1.807) is 4.90 Å². The Morgan fingerprint density at radius 1 is 1.19 bits per heavy atom. The lowest BCUT2D eigenvalue weighted by atomic mass is 10.1. The summed E-state index contributed by atoms with van der Waals surface area (Å²) >= 11 is 0. The molecule has 0 radical (unpaired) electrons. The van der Waals surface area contributed by atoms with E-state index in [0.717, 1.165) is 12.8 Å². The van der Waals surface area contributed by atoms with Crippen LogP contribution in [0.25, 0.3) is 11.4 Å². The Hall–Kier alpha value is -2.95. The Kier molecular flexibility index (Phi) is 5.94. The Balaban J connectivity index is 1.35. The molecule has 166 valence electrons. The zero-order chi connectivity index (χ0) is 22.0. The molecule has 31 heavy (non-hydrogen) atoms. The minimum atomic E-state index is -4.72. The molecule has 0 spiro atoms. The summed E-state index contributed by atoms with van der Waals surface area (Å²) in [5.74, 6) is -1.44. The predicted molar refractivity (Wildman–Crippen MR) is 101 cm³/mol. The average Bonchev–Trinajstić information content (AvgIpc) is 3.41. The quantitative estimate of drug-likeness (QED) is 0.745. The standard InChI is InChI=1S/C20H21F3N4O4/c21-20(22,23)19-25-17(26-31-19)13-3-5-14(6-4-13)18(29)24-10-15-11-30-8-7-27(15)16(28)9-12-1-2-12/h3-6,12,15H,1-2,7-11H2,(H,24,29)/t15-/m0/s1. The van der Waals surface area contributed by atoms with Crippen molar-refractivity contribution in [2.45, 2.75) is 31.5 Å². The number of rotatable bonds is 6. The summed E-state index contributed by atoms with van der Waals surface area (Å²) < 4.78 is 47.4. The molecule has 2 heterocycles. The number of ether oxygens (including phenoxy) is 1. The Labute approximate surface area is 175 Å². The highest BCUT2D eigenvalue weighted by molar-refractivity contribution is 5.94. The van der Waals surface area contributed by atoms with Gasteiger partial charge in [-0.05, 0) is 30.9 Å². The van der Waals surface area contributed by atoms with Crippen molar-refractivity contribution < 1.29 is 32.0 Å². The molecule has 2 amide bonds. The fourth-order valence-electron chi connectivity index (χ4n) is 3.38. The van der Waals surface area contributed by atoms with Gasteiger partial charge >= 0.3 is 12.1 Å². The van der Waals surface area contributed by atoms with Crippen molar-refractivity contribution in [1.29, 1.82) is 0 Å². The first-order valence-electron chi connectivity index (χ1n) is 9.98. The molecular weight excluding hydrogens is 417 g/mol. The summed E-state index contributed by atoms with van der Waals surface area (Å²) in [5, 5.41) is 6.11. The maximum absolute atomic E-state index is 12.6. The Bertz CT molecular complexity index is 941. The van der Waals surface area contributed by atoms with E-state index in [1.807, 2.05) is 0 Å². The zero-order valence-electron chi connectivity index (χ0n) is 16.5. The smallest absolute Gasteiger partial charge is 0.377 e. The van der Waals surface area contributed by atoms with Gasteiger partial charge in [0.15, 0.2) is 0 Å². The van der Waals surface area contributed by atoms with E-state index in [1.165, 1.54) is 24.3 Å². The average molecular weight is 438 g/mol. The maximum atomic E-state index is 12.6. The minimum Gasteiger partial charge on any atom is -0.377 e. The lowest BCUT2D eigenvalue weighted by Gasteiger charge is -2.35. The molecule has 1 aromatic heterocycles. The number of carbonyl (C=O) groups excluding carboxylic acids is 2. The SMILES string of the molecule is O=C(NC[C@H]1COCCN1C(=O)CC1CC1)c1ccc(-c2noc(C(F)(F)F)n2)cc1. The van der Waals surface area contributed by atoms with Gasteiger partial charge in [0.25, 0.3) is 5.91 Å². The van der Waals surface area contributed by atoms with Gasteiger partial charge in [-0.1, -0.05) is 17.3 Å². The van der Waals surface area contributed by atoms with Crippen LogP contribution in [-0.2, 0) is 15.7 Å². The third kappa shape index (κ3) is 5.22. The molecule has 2 fully saturated rings. The van der Waals surface area contributed by atoms with Gasteiger partial charge in [-0.3, -0.25) is 9.59 Å². The fourth-order valence-corrected chi connectivity index (χ4v) is 3.38. The molecule has 8 nitrogen and oxygen atoms in total. The number of hydrogen-bond donors (Lipinski definition) is 1. The van der Waals surface area contributed by atoms with Crippen LogP contribution in [0.4, 0.5) is 13.2 Å². The van der Waals surface area contributed by atoms with Gasteiger partial charge in [-0.25, -0.2) is 0 Å². The first-order chi connectivity index (χ1) is 14.8. The second-order valence-corrected chi connectivity index (χ2v) is 7.67. The molecule has 2 aliphatic rings. The molecule has 1 aliphatic carbocycles. The fraction of sp³-hybridized carbons (Fsp3) is 0.500. The van der Waals surface area contributed by atoms with Crippen LogP contribution in [0.2, 0.25) is 0 Å². The van der Waals surface area contributed by atoms with E-state index in [4.69, 9.17) is 4.74 Å². The van der Waals surface area contributed by atoms with Crippen LogP contribution in [0, 0.1) is 5.92 Å². The summed E-state index contributed by atoms with van der Waals surface area (Å²) in [6.07, 6.45) is -2.00. The van der Waals surface area contributed by atoms with Crippen molar-refractivity contribution in [2.24, 2.45) is 5.92 Å². The number of morpholine rings is 1. The van der Waals surface area contributed by atoms with E-state index < -0.39 is 12.1 Å². The molecule has 1 aromatic carbocycles. The van der Waals surface area contributed by atoms with Gasteiger partial charge in [0.05, 0.1) is 19.3 Å². The molecule has 1 saturated heterocycles. The van der Waals surface area contributed by atoms with Crippen molar-refractivity contribution >= 4 is 11.8 Å². The number of amides is 2. The lowest BCUT2D eigenvalue weighted by molar-refractivity contribution is -0.159. The van der Waals surface area contributed by atoms with Crippen molar-refractivity contribution in [3.63, 3.8) is 0 Å². The van der Waals surface area contributed by atoms with Crippen LogP contribution in [0.5, 0.6) is 0 Å². The number of nitrogens with zero attached hydrogens (tertiary/aromatic N) is 3. The minimum absolute atomic E-state index is 0.0905. The number of aromatic nitrogens is 2. The summed E-state index contributed by atoms with van der Waals surface area (Å²) in [6, 6.07) is 5.57. The third-order valence-electron chi connectivity index (χ3n) is 5.28. The molecule has 1 aliphatic heterocycles. The van der Waals surface area contributed by atoms with E-state index in [9.17, 15) is 22.8 Å². The highest BCUT2D eigenvalue weighted by Gasteiger charge is 2.38. The van der Waals surface area contributed by atoms with Gasteiger partial charge in [-0.15, -0.1) is 0 Å². The van der Waals surface area contributed by atoms with E-state index in [0.29, 0.717) is 37.7 Å². The third-order valence-corrected chi connectivity index (χ3v) is 5.28. The van der Waals surface area contributed by atoms with Crippen molar-refractivity contribution in [3.05, 3.63) is 35.7 Å². The van der Waals surface area contributed by atoms with Crippen LogP contribution in [-0.4, -0.2) is 59.2 Å². The summed E-state index contributed by atoms with van der Waals surface area (Å²) in [6.45, 7) is 1.59. The van der Waals surface area contributed by atoms with Gasteiger partial charge < -0.3 is 19.5 Å². The van der Waals surface area contributed by atoms with Crippen LogP contribution in [0.3, 0.4) is 0 Å². The van der Waals surface area contributed by atoms with Crippen molar-refractivity contribution in [3.8, 4) is 11.4 Å². The lowest BCUT2D eigenvalue weighted by Crippen LogP contribution is -2.53. The van der Waals surface area contributed by atoms with Gasteiger partial charge in [0.2, 0.25) is 11.7 Å². The number of nitrogens with one attached hydrogen (secondary N) is 1. The number of alkyl halides is 3. The van der Waals surface area contributed by atoms with Crippen LogP contribution in [0.1, 0.15) is 35.5 Å². The normalized spacial score (nSPS) is 19.3. The molecule has 11 heteroatoms. The van der Waals surface area contributed by atoms with Crippen molar-refractivity contribution in [1.82, 2.24) is 20.4 Å². The van der Waals surface area contributed by atoms with Crippen molar-refractivity contribution in [2.75, 3.05) is 26.3 Å². The second-order valence-electron chi connectivity index (χ2n) is 7.67. The molecule has 2 aromatic rings. The second kappa shape index (κ2) is 8.66. The molecule has 0 unspecified atom stereocenters. The molecular formula is C20H21F3N4O4. The topological polar surface area (TPSA) is 97.6 Å². The van der Waals surface area contributed by atoms with Gasteiger partial charge in [0, 0.05) is 30.6 Å². The predicted octanol–water partition coefficient (Wildman–Crippen LogP) is 2.51. The number of benzene rings is 1. The maximum Gasteiger partial charge on any atom is 0.471 e. The summed E-state index contributed by atoms with van der Waals surface area (Å²) in [4.78, 5) is 30.1.